The average Bonchev–Trinajstić information content (AvgIpc) is 2.97. The van der Waals surface area contributed by atoms with E-state index in [1.165, 1.54) is 25.7 Å². The van der Waals surface area contributed by atoms with E-state index < -0.39 is 0 Å². The first kappa shape index (κ1) is 16.5. The Bertz CT molecular complexity index is 511. The fourth-order valence-electron chi connectivity index (χ4n) is 2.93. The Morgan fingerprint density at radius 3 is 2.45 bits per heavy atom. The Labute approximate surface area is 132 Å². The Balaban J connectivity index is 1.80. The van der Waals surface area contributed by atoms with Crippen molar-refractivity contribution in [3.8, 4) is 11.5 Å². The van der Waals surface area contributed by atoms with Crippen molar-refractivity contribution >= 4 is 6.03 Å². The van der Waals surface area contributed by atoms with Gasteiger partial charge in [-0.25, -0.2) is 4.79 Å². The van der Waals surface area contributed by atoms with Gasteiger partial charge >= 0.3 is 6.03 Å². The zero-order chi connectivity index (χ0) is 16.0. The Hall–Kier alpha value is -1.91. The van der Waals surface area contributed by atoms with Crippen LogP contribution in [0.2, 0.25) is 0 Å². The van der Waals surface area contributed by atoms with Crippen molar-refractivity contribution in [2.45, 2.75) is 39.2 Å². The summed E-state index contributed by atoms with van der Waals surface area (Å²) in [6, 6.07) is 5.51. The molecule has 1 saturated carbocycles. The topological polar surface area (TPSA) is 59.6 Å². The van der Waals surface area contributed by atoms with E-state index in [1.807, 2.05) is 18.2 Å². The van der Waals surface area contributed by atoms with Gasteiger partial charge in [0.1, 0.15) is 0 Å². The predicted octanol–water partition coefficient (Wildman–Crippen LogP) is 3.08. The number of methoxy groups -OCH3 is 2. The first-order chi connectivity index (χ1) is 10.6. The fourth-order valence-corrected chi connectivity index (χ4v) is 2.93. The van der Waals surface area contributed by atoms with Gasteiger partial charge in [0.2, 0.25) is 0 Å². The van der Waals surface area contributed by atoms with Crippen LogP contribution in [0.5, 0.6) is 11.5 Å². The lowest BCUT2D eigenvalue weighted by molar-refractivity contribution is 0.231. The zero-order valence-corrected chi connectivity index (χ0v) is 13.7. The van der Waals surface area contributed by atoms with Crippen LogP contribution in [0.1, 0.15) is 38.2 Å². The summed E-state index contributed by atoms with van der Waals surface area (Å²) in [6.45, 7) is 3.45. The van der Waals surface area contributed by atoms with Crippen LogP contribution < -0.4 is 20.1 Å². The van der Waals surface area contributed by atoms with Crippen molar-refractivity contribution in [2.24, 2.45) is 5.41 Å². The molecule has 0 atom stereocenters. The van der Waals surface area contributed by atoms with E-state index in [4.69, 9.17) is 9.47 Å². The van der Waals surface area contributed by atoms with Crippen LogP contribution in [0.25, 0.3) is 0 Å². The molecule has 0 saturated heterocycles. The summed E-state index contributed by atoms with van der Waals surface area (Å²) < 4.78 is 10.5. The molecule has 0 bridgehead atoms. The molecule has 2 N–H and O–H groups in total. The quantitative estimate of drug-likeness (QED) is 0.849. The minimum atomic E-state index is -0.122. The number of nitrogens with one attached hydrogen (secondary N) is 2. The highest BCUT2D eigenvalue weighted by molar-refractivity contribution is 5.73. The van der Waals surface area contributed by atoms with Crippen molar-refractivity contribution in [1.29, 1.82) is 0 Å². The molecule has 0 aromatic heterocycles. The van der Waals surface area contributed by atoms with E-state index in [1.54, 1.807) is 14.2 Å². The van der Waals surface area contributed by atoms with Crippen LogP contribution >= 0.6 is 0 Å². The van der Waals surface area contributed by atoms with E-state index in [2.05, 4.69) is 17.6 Å². The molecule has 5 heteroatoms. The number of hydrogen-bond donors (Lipinski definition) is 2. The van der Waals surface area contributed by atoms with Crippen molar-refractivity contribution in [3.63, 3.8) is 0 Å². The molecule has 1 aliphatic carbocycles. The number of hydrogen-bond acceptors (Lipinski definition) is 3. The molecule has 2 rings (SSSR count). The Morgan fingerprint density at radius 1 is 1.14 bits per heavy atom. The lowest BCUT2D eigenvalue weighted by Gasteiger charge is -2.23. The van der Waals surface area contributed by atoms with Gasteiger partial charge < -0.3 is 20.1 Å². The van der Waals surface area contributed by atoms with Gasteiger partial charge in [-0.2, -0.15) is 0 Å². The van der Waals surface area contributed by atoms with Crippen LogP contribution in [0.15, 0.2) is 18.2 Å². The molecule has 2 amide bonds. The van der Waals surface area contributed by atoms with Crippen LogP contribution in [0, 0.1) is 5.41 Å². The Kier molecular flexibility index (Phi) is 5.52. The van der Waals surface area contributed by atoms with E-state index in [0.29, 0.717) is 18.0 Å². The second-order valence-corrected chi connectivity index (χ2v) is 6.24. The van der Waals surface area contributed by atoms with Gasteiger partial charge in [0.25, 0.3) is 0 Å². The van der Waals surface area contributed by atoms with Gasteiger partial charge in [0.15, 0.2) is 11.5 Å². The maximum atomic E-state index is 11.9. The maximum Gasteiger partial charge on any atom is 0.315 e. The minimum absolute atomic E-state index is 0.122. The first-order valence-corrected chi connectivity index (χ1v) is 7.79. The number of rotatable bonds is 6. The van der Waals surface area contributed by atoms with Crippen molar-refractivity contribution in [3.05, 3.63) is 23.8 Å². The summed E-state index contributed by atoms with van der Waals surface area (Å²) in [5.41, 5.74) is 1.24. The van der Waals surface area contributed by atoms with Crippen molar-refractivity contribution < 1.29 is 14.3 Å². The lowest BCUT2D eigenvalue weighted by Crippen LogP contribution is -2.40. The highest BCUT2D eigenvalue weighted by Crippen LogP contribution is 2.36. The minimum Gasteiger partial charge on any atom is -0.493 e. The standard InChI is InChI=1S/C17H26N2O3/c1-17(8-4-5-9-17)12-19-16(20)18-11-13-6-7-14(21-2)15(10-13)22-3/h6-7,10H,4-5,8-9,11-12H2,1-3H3,(H2,18,19,20). The molecule has 1 fully saturated rings. The molecular weight excluding hydrogens is 280 g/mol. The van der Waals surface area contributed by atoms with E-state index in [9.17, 15) is 4.79 Å². The highest BCUT2D eigenvalue weighted by Gasteiger charge is 2.28. The van der Waals surface area contributed by atoms with Crippen LogP contribution in [0.4, 0.5) is 4.79 Å². The fraction of sp³-hybridized carbons (Fsp3) is 0.588. The first-order valence-electron chi connectivity index (χ1n) is 7.79. The number of carbonyl (C=O) groups excluding carboxylic acids is 1. The van der Waals surface area contributed by atoms with Gasteiger partial charge in [-0.1, -0.05) is 25.8 Å². The van der Waals surface area contributed by atoms with Gasteiger partial charge in [0, 0.05) is 13.1 Å². The molecule has 1 aromatic carbocycles. The molecule has 0 unspecified atom stereocenters. The van der Waals surface area contributed by atoms with Crippen molar-refractivity contribution in [1.82, 2.24) is 10.6 Å². The summed E-state index contributed by atoms with van der Waals surface area (Å²) in [5, 5.41) is 5.86. The van der Waals surface area contributed by atoms with E-state index in [-0.39, 0.29) is 11.4 Å². The maximum absolute atomic E-state index is 11.9. The smallest absolute Gasteiger partial charge is 0.315 e. The van der Waals surface area contributed by atoms with Gasteiger partial charge in [0.05, 0.1) is 14.2 Å². The summed E-state index contributed by atoms with van der Waals surface area (Å²) >= 11 is 0. The number of urea groups is 1. The number of carbonyl (C=O) groups is 1. The summed E-state index contributed by atoms with van der Waals surface area (Å²) in [4.78, 5) is 11.9. The van der Waals surface area contributed by atoms with Crippen LogP contribution in [0.3, 0.4) is 0 Å². The molecule has 0 heterocycles. The second kappa shape index (κ2) is 7.38. The summed E-state index contributed by atoms with van der Waals surface area (Å²) in [7, 11) is 3.21. The molecule has 1 aromatic rings. The Morgan fingerprint density at radius 2 is 1.82 bits per heavy atom. The largest absolute Gasteiger partial charge is 0.493 e. The summed E-state index contributed by atoms with van der Waals surface area (Å²) in [6.07, 6.45) is 4.93. The monoisotopic (exact) mass is 306 g/mol. The van der Waals surface area contributed by atoms with E-state index in [0.717, 1.165) is 12.1 Å². The SMILES string of the molecule is COc1ccc(CNC(=O)NCC2(C)CCCC2)cc1OC. The van der Waals surface area contributed by atoms with Gasteiger partial charge in [-0.3, -0.25) is 0 Å². The average molecular weight is 306 g/mol. The second-order valence-electron chi connectivity index (χ2n) is 6.24. The molecule has 0 radical (unpaired) electrons. The normalized spacial score (nSPS) is 16.1. The van der Waals surface area contributed by atoms with Crippen LogP contribution in [-0.2, 0) is 6.54 Å². The highest BCUT2D eigenvalue weighted by atomic mass is 16.5. The third-order valence-corrected chi connectivity index (χ3v) is 4.39. The summed E-state index contributed by atoms with van der Waals surface area (Å²) in [5.74, 6) is 1.35. The van der Waals surface area contributed by atoms with Crippen molar-refractivity contribution in [2.75, 3.05) is 20.8 Å². The van der Waals surface area contributed by atoms with Gasteiger partial charge in [-0.15, -0.1) is 0 Å². The van der Waals surface area contributed by atoms with Crippen LogP contribution in [-0.4, -0.2) is 26.8 Å². The number of amides is 2. The number of ether oxygens (including phenoxy) is 2. The van der Waals surface area contributed by atoms with Gasteiger partial charge in [-0.05, 0) is 36.0 Å². The zero-order valence-electron chi connectivity index (χ0n) is 13.7. The molecular formula is C17H26N2O3. The third-order valence-electron chi connectivity index (χ3n) is 4.39. The molecule has 22 heavy (non-hydrogen) atoms. The molecule has 1 aliphatic rings. The lowest BCUT2D eigenvalue weighted by atomic mass is 9.89. The third kappa shape index (κ3) is 4.29. The molecule has 5 nitrogen and oxygen atoms in total. The molecule has 0 spiro atoms. The predicted molar refractivity (Wildman–Crippen MR) is 86.4 cm³/mol. The molecule has 0 aliphatic heterocycles. The molecule has 122 valence electrons. The number of benzene rings is 1. The van der Waals surface area contributed by atoms with E-state index >= 15 is 0 Å².